The van der Waals surface area contributed by atoms with Gasteiger partial charge in [-0.25, -0.2) is 0 Å². The second kappa shape index (κ2) is 7.35. The minimum absolute atomic E-state index is 0.0893. The standard InChI is InChI=1S/C13H20BrN3O2/c1-9(2)17(6-7-19-3)10-4-5-11(12(14)8-10)13(15)16-18/h4-5,8-9,18H,6-7H2,1-3H3,(H2,15,16). The van der Waals surface area contributed by atoms with Crippen molar-refractivity contribution in [3.63, 3.8) is 0 Å². The van der Waals surface area contributed by atoms with Crippen LogP contribution in [0.15, 0.2) is 27.8 Å². The molecule has 3 N–H and O–H groups in total. The Morgan fingerprint density at radius 2 is 2.21 bits per heavy atom. The molecule has 1 aromatic carbocycles. The average Bonchev–Trinajstić information content (AvgIpc) is 2.38. The summed E-state index contributed by atoms with van der Waals surface area (Å²) in [7, 11) is 1.69. The lowest BCUT2D eigenvalue weighted by Gasteiger charge is -2.29. The Labute approximate surface area is 122 Å². The molecule has 106 valence electrons. The third kappa shape index (κ3) is 4.11. The van der Waals surface area contributed by atoms with Crippen molar-refractivity contribution < 1.29 is 9.94 Å². The van der Waals surface area contributed by atoms with E-state index < -0.39 is 0 Å². The van der Waals surface area contributed by atoms with Gasteiger partial charge >= 0.3 is 0 Å². The van der Waals surface area contributed by atoms with E-state index in [2.05, 4.69) is 39.8 Å². The summed E-state index contributed by atoms with van der Waals surface area (Å²) in [6.07, 6.45) is 0. The topological polar surface area (TPSA) is 71.1 Å². The quantitative estimate of drug-likeness (QED) is 0.364. The fourth-order valence-electron chi connectivity index (χ4n) is 1.82. The van der Waals surface area contributed by atoms with Gasteiger partial charge in [-0.3, -0.25) is 0 Å². The van der Waals surface area contributed by atoms with Crippen molar-refractivity contribution in [3.05, 3.63) is 28.2 Å². The number of hydrogen-bond acceptors (Lipinski definition) is 4. The molecule has 0 bridgehead atoms. The summed E-state index contributed by atoms with van der Waals surface area (Å²) in [6.45, 7) is 5.73. The molecule has 1 rings (SSSR count). The van der Waals surface area contributed by atoms with Crippen molar-refractivity contribution in [3.8, 4) is 0 Å². The first-order chi connectivity index (χ1) is 9.01. The SMILES string of the molecule is COCCN(c1ccc(/C(N)=N/O)c(Br)c1)C(C)C. The van der Waals surface area contributed by atoms with E-state index in [-0.39, 0.29) is 5.84 Å². The molecule has 0 unspecified atom stereocenters. The van der Waals surface area contributed by atoms with E-state index in [1.807, 2.05) is 18.2 Å². The third-order valence-electron chi connectivity index (χ3n) is 2.83. The summed E-state index contributed by atoms with van der Waals surface area (Å²) >= 11 is 3.44. The minimum atomic E-state index is 0.0893. The highest BCUT2D eigenvalue weighted by Crippen LogP contribution is 2.25. The van der Waals surface area contributed by atoms with Crippen LogP contribution in [0.3, 0.4) is 0 Å². The van der Waals surface area contributed by atoms with E-state index in [4.69, 9.17) is 15.7 Å². The van der Waals surface area contributed by atoms with Crippen LogP contribution < -0.4 is 10.6 Å². The normalized spacial score (nSPS) is 11.9. The van der Waals surface area contributed by atoms with Crippen LogP contribution in [0.4, 0.5) is 5.69 Å². The highest BCUT2D eigenvalue weighted by Gasteiger charge is 2.13. The van der Waals surface area contributed by atoms with Crippen LogP contribution >= 0.6 is 15.9 Å². The monoisotopic (exact) mass is 329 g/mol. The molecule has 0 aliphatic heterocycles. The summed E-state index contributed by atoms with van der Waals surface area (Å²) in [5.74, 6) is 0.0893. The van der Waals surface area contributed by atoms with Gasteiger partial charge in [-0.15, -0.1) is 0 Å². The average molecular weight is 330 g/mol. The Bertz CT molecular complexity index is 450. The number of oxime groups is 1. The molecule has 0 radical (unpaired) electrons. The fourth-order valence-corrected chi connectivity index (χ4v) is 2.39. The maximum absolute atomic E-state index is 8.71. The van der Waals surface area contributed by atoms with Gasteiger partial charge in [-0.2, -0.15) is 0 Å². The van der Waals surface area contributed by atoms with Gasteiger partial charge < -0.3 is 20.6 Å². The highest BCUT2D eigenvalue weighted by atomic mass is 79.9. The van der Waals surface area contributed by atoms with Crippen LogP contribution in [0.1, 0.15) is 19.4 Å². The number of methoxy groups -OCH3 is 1. The molecule has 0 aliphatic carbocycles. The molecule has 19 heavy (non-hydrogen) atoms. The number of halogens is 1. The first kappa shape index (κ1) is 15.8. The van der Waals surface area contributed by atoms with E-state index in [0.29, 0.717) is 18.2 Å². The minimum Gasteiger partial charge on any atom is -0.409 e. The van der Waals surface area contributed by atoms with Gasteiger partial charge in [-0.1, -0.05) is 5.16 Å². The van der Waals surface area contributed by atoms with Crippen molar-refractivity contribution in [2.24, 2.45) is 10.9 Å². The fraction of sp³-hybridized carbons (Fsp3) is 0.462. The number of ether oxygens (including phenoxy) is 1. The number of nitrogens with zero attached hydrogens (tertiary/aromatic N) is 2. The number of anilines is 1. The molecule has 0 saturated carbocycles. The largest absolute Gasteiger partial charge is 0.409 e. The van der Waals surface area contributed by atoms with Gasteiger partial charge in [0.15, 0.2) is 5.84 Å². The van der Waals surface area contributed by atoms with Gasteiger partial charge in [0.1, 0.15) is 0 Å². The van der Waals surface area contributed by atoms with Crippen LogP contribution in [0, 0.1) is 0 Å². The number of hydrogen-bond donors (Lipinski definition) is 2. The lowest BCUT2D eigenvalue weighted by molar-refractivity contribution is 0.204. The van der Waals surface area contributed by atoms with Crippen molar-refractivity contribution in [2.45, 2.75) is 19.9 Å². The number of benzene rings is 1. The van der Waals surface area contributed by atoms with E-state index in [1.54, 1.807) is 7.11 Å². The zero-order valence-corrected chi connectivity index (χ0v) is 13.0. The molecule has 5 nitrogen and oxygen atoms in total. The summed E-state index contributed by atoms with van der Waals surface area (Å²) in [5, 5.41) is 11.7. The van der Waals surface area contributed by atoms with Gasteiger partial charge in [-0.05, 0) is 48.0 Å². The molecule has 0 saturated heterocycles. The predicted octanol–water partition coefficient (Wildman–Crippen LogP) is 2.40. The Morgan fingerprint density at radius 3 is 2.68 bits per heavy atom. The van der Waals surface area contributed by atoms with E-state index in [0.717, 1.165) is 16.7 Å². The zero-order valence-electron chi connectivity index (χ0n) is 11.4. The number of nitrogens with two attached hydrogens (primary N) is 1. The third-order valence-corrected chi connectivity index (χ3v) is 3.48. The van der Waals surface area contributed by atoms with E-state index in [9.17, 15) is 0 Å². The smallest absolute Gasteiger partial charge is 0.171 e. The Kier molecular flexibility index (Phi) is 6.11. The van der Waals surface area contributed by atoms with E-state index >= 15 is 0 Å². The Morgan fingerprint density at radius 1 is 1.53 bits per heavy atom. The molecule has 6 heteroatoms. The van der Waals surface area contributed by atoms with Gasteiger partial charge in [0.2, 0.25) is 0 Å². The zero-order chi connectivity index (χ0) is 14.4. The van der Waals surface area contributed by atoms with Crippen molar-refractivity contribution in [2.75, 3.05) is 25.2 Å². The summed E-state index contributed by atoms with van der Waals surface area (Å²) in [6, 6.07) is 6.10. The predicted molar refractivity (Wildman–Crippen MR) is 81.0 cm³/mol. The van der Waals surface area contributed by atoms with Crippen molar-refractivity contribution in [1.82, 2.24) is 0 Å². The maximum Gasteiger partial charge on any atom is 0.171 e. The lowest BCUT2D eigenvalue weighted by atomic mass is 10.1. The second-order valence-electron chi connectivity index (χ2n) is 4.43. The summed E-state index contributed by atoms with van der Waals surface area (Å²) in [5.41, 5.74) is 7.33. The molecule has 0 aromatic heterocycles. The number of rotatable bonds is 6. The van der Waals surface area contributed by atoms with Crippen LogP contribution in [-0.4, -0.2) is 37.3 Å². The maximum atomic E-state index is 8.71. The molecule has 1 aromatic rings. The van der Waals surface area contributed by atoms with Gasteiger partial charge in [0.25, 0.3) is 0 Å². The molecule has 0 fully saturated rings. The first-order valence-electron chi connectivity index (χ1n) is 6.04. The number of amidine groups is 1. The van der Waals surface area contributed by atoms with Crippen LogP contribution in [-0.2, 0) is 4.74 Å². The van der Waals surface area contributed by atoms with Gasteiger partial charge in [0, 0.05) is 35.4 Å². The lowest BCUT2D eigenvalue weighted by Crippen LogP contribution is -2.33. The first-order valence-corrected chi connectivity index (χ1v) is 6.83. The molecular weight excluding hydrogens is 310 g/mol. The molecular formula is C13H20BrN3O2. The molecule has 0 atom stereocenters. The Balaban J connectivity index is 3.03. The molecule has 0 spiro atoms. The highest BCUT2D eigenvalue weighted by molar-refractivity contribution is 9.10. The Hall–Kier alpha value is -1.27. The van der Waals surface area contributed by atoms with Crippen LogP contribution in [0.25, 0.3) is 0 Å². The van der Waals surface area contributed by atoms with Crippen molar-refractivity contribution >= 4 is 27.5 Å². The van der Waals surface area contributed by atoms with Crippen LogP contribution in [0.5, 0.6) is 0 Å². The molecule has 0 amide bonds. The summed E-state index contributed by atoms with van der Waals surface area (Å²) in [4.78, 5) is 2.23. The van der Waals surface area contributed by atoms with Crippen LogP contribution in [0.2, 0.25) is 0 Å². The van der Waals surface area contributed by atoms with Gasteiger partial charge in [0.05, 0.1) is 6.61 Å². The van der Waals surface area contributed by atoms with Crippen molar-refractivity contribution in [1.29, 1.82) is 0 Å². The molecule has 0 aliphatic rings. The molecule has 0 heterocycles. The second-order valence-corrected chi connectivity index (χ2v) is 5.28. The van der Waals surface area contributed by atoms with E-state index in [1.165, 1.54) is 0 Å². The summed E-state index contributed by atoms with van der Waals surface area (Å²) < 4.78 is 5.92.